The molecule has 2 rings (SSSR count). The molecule has 1 N–H and O–H groups in total. The van der Waals surface area contributed by atoms with Crippen LogP contribution in [0.4, 0.5) is 0 Å². The Morgan fingerprint density at radius 1 is 1.38 bits per heavy atom. The number of methoxy groups -OCH3 is 1. The number of hydrogen-bond donors (Lipinski definition) is 1. The van der Waals surface area contributed by atoms with Gasteiger partial charge in [0.2, 0.25) is 10.0 Å². The number of sulfonamides is 1. The van der Waals surface area contributed by atoms with Gasteiger partial charge in [0.25, 0.3) is 0 Å². The van der Waals surface area contributed by atoms with Crippen molar-refractivity contribution in [2.75, 3.05) is 27.2 Å². The molecule has 0 aromatic heterocycles. The van der Waals surface area contributed by atoms with Crippen LogP contribution in [0.15, 0.2) is 29.2 Å². The molecule has 0 fully saturated rings. The molecule has 0 saturated heterocycles. The molecular weight excluding hydrogens is 312 g/mol. The van der Waals surface area contributed by atoms with Gasteiger partial charge in [0.05, 0.1) is 7.11 Å². The van der Waals surface area contributed by atoms with Gasteiger partial charge in [0, 0.05) is 30.2 Å². The molecule has 1 aromatic rings. The molecule has 5 nitrogen and oxygen atoms in total. The van der Waals surface area contributed by atoms with Crippen LogP contribution in [-0.2, 0) is 16.6 Å². The van der Waals surface area contributed by atoms with Crippen molar-refractivity contribution in [3.63, 3.8) is 0 Å². The summed E-state index contributed by atoms with van der Waals surface area (Å²) in [4.78, 5) is 0.123. The summed E-state index contributed by atoms with van der Waals surface area (Å²) in [7, 11) is -0.372. The SMILES string of the molecule is CNCc1cc(Cl)cc(S(=O)(=O)N2CC=CCC2)c1OC. The van der Waals surface area contributed by atoms with Crippen LogP contribution in [0.25, 0.3) is 0 Å². The third kappa shape index (κ3) is 3.40. The van der Waals surface area contributed by atoms with Crippen molar-refractivity contribution in [2.45, 2.75) is 17.9 Å². The number of hydrogen-bond acceptors (Lipinski definition) is 4. The van der Waals surface area contributed by atoms with Gasteiger partial charge >= 0.3 is 0 Å². The van der Waals surface area contributed by atoms with Crippen LogP contribution >= 0.6 is 11.6 Å². The van der Waals surface area contributed by atoms with E-state index < -0.39 is 10.0 Å². The van der Waals surface area contributed by atoms with E-state index in [2.05, 4.69) is 5.32 Å². The fourth-order valence-corrected chi connectivity index (χ4v) is 4.28. The van der Waals surface area contributed by atoms with Crippen LogP contribution in [0.1, 0.15) is 12.0 Å². The largest absolute Gasteiger partial charge is 0.495 e. The summed E-state index contributed by atoms with van der Waals surface area (Å²) >= 11 is 6.08. The second-order valence-corrected chi connectivity index (χ2v) is 7.09. The van der Waals surface area contributed by atoms with Crippen LogP contribution in [-0.4, -0.2) is 40.0 Å². The fraction of sp³-hybridized carbons (Fsp3) is 0.429. The molecule has 1 heterocycles. The third-order valence-corrected chi connectivity index (χ3v) is 5.40. The molecule has 0 unspecified atom stereocenters. The summed E-state index contributed by atoms with van der Waals surface area (Å²) < 4.78 is 32.4. The lowest BCUT2D eigenvalue weighted by atomic mass is 10.2. The number of nitrogens with zero attached hydrogens (tertiary/aromatic N) is 1. The van der Waals surface area contributed by atoms with Crippen LogP contribution in [0.3, 0.4) is 0 Å². The minimum absolute atomic E-state index is 0.123. The predicted octanol–water partition coefficient (Wildman–Crippen LogP) is 2.02. The van der Waals surface area contributed by atoms with Crippen LogP contribution in [0.2, 0.25) is 5.02 Å². The molecule has 7 heteroatoms. The lowest BCUT2D eigenvalue weighted by Crippen LogP contribution is -2.34. The first-order valence-electron chi connectivity index (χ1n) is 6.67. The molecule has 0 bridgehead atoms. The van der Waals surface area contributed by atoms with Crippen molar-refractivity contribution in [1.29, 1.82) is 0 Å². The Bertz CT molecular complexity index is 644. The average molecular weight is 331 g/mol. The van der Waals surface area contributed by atoms with Gasteiger partial charge in [0.15, 0.2) is 0 Å². The van der Waals surface area contributed by atoms with Gasteiger partial charge in [-0.05, 0) is 25.6 Å². The number of ether oxygens (including phenoxy) is 1. The molecular formula is C14H19ClN2O3S. The van der Waals surface area contributed by atoms with E-state index in [0.717, 1.165) is 5.56 Å². The zero-order chi connectivity index (χ0) is 15.5. The van der Waals surface area contributed by atoms with Crippen molar-refractivity contribution in [3.8, 4) is 5.75 Å². The summed E-state index contributed by atoms with van der Waals surface area (Å²) in [5.74, 6) is 0.350. The normalized spacial score (nSPS) is 16.1. The van der Waals surface area contributed by atoms with Crippen molar-refractivity contribution in [3.05, 3.63) is 34.9 Å². The molecule has 21 heavy (non-hydrogen) atoms. The zero-order valence-corrected chi connectivity index (χ0v) is 13.7. The Balaban J connectivity index is 2.53. The quantitative estimate of drug-likeness (QED) is 0.839. The standard InChI is InChI=1S/C14H19ClN2O3S/c1-16-10-11-8-12(15)9-13(14(11)20-2)21(18,19)17-6-4-3-5-7-17/h3-4,8-9,16H,5-7,10H2,1-2H3. The fourth-order valence-electron chi connectivity index (χ4n) is 2.34. The Hall–Kier alpha value is -1.08. The van der Waals surface area contributed by atoms with Crippen molar-refractivity contribution in [2.24, 2.45) is 0 Å². The van der Waals surface area contributed by atoms with Gasteiger partial charge in [-0.1, -0.05) is 23.8 Å². The highest BCUT2D eigenvalue weighted by Crippen LogP contribution is 2.34. The van der Waals surface area contributed by atoms with Crippen LogP contribution in [0, 0.1) is 0 Å². The molecule has 1 aliphatic rings. The molecule has 116 valence electrons. The lowest BCUT2D eigenvalue weighted by Gasteiger charge is -2.24. The van der Waals surface area contributed by atoms with Crippen molar-refractivity contribution in [1.82, 2.24) is 9.62 Å². The van der Waals surface area contributed by atoms with Gasteiger partial charge in [-0.3, -0.25) is 0 Å². The molecule has 1 aliphatic heterocycles. The maximum absolute atomic E-state index is 12.8. The van der Waals surface area contributed by atoms with E-state index in [1.807, 2.05) is 12.2 Å². The smallest absolute Gasteiger partial charge is 0.247 e. The Morgan fingerprint density at radius 3 is 2.71 bits per heavy atom. The van der Waals surface area contributed by atoms with Crippen molar-refractivity contribution >= 4 is 21.6 Å². The first-order valence-corrected chi connectivity index (χ1v) is 8.48. The van der Waals surface area contributed by atoms with E-state index in [1.165, 1.54) is 17.5 Å². The van der Waals surface area contributed by atoms with Gasteiger partial charge in [-0.25, -0.2) is 8.42 Å². The lowest BCUT2D eigenvalue weighted by molar-refractivity contribution is 0.389. The van der Waals surface area contributed by atoms with E-state index in [4.69, 9.17) is 16.3 Å². The molecule has 0 amide bonds. The summed E-state index contributed by atoms with van der Waals surface area (Å²) in [6.07, 6.45) is 4.55. The minimum Gasteiger partial charge on any atom is -0.495 e. The van der Waals surface area contributed by atoms with Gasteiger partial charge < -0.3 is 10.1 Å². The highest BCUT2D eigenvalue weighted by molar-refractivity contribution is 7.89. The Labute approximate surface area is 130 Å². The van der Waals surface area contributed by atoms with Crippen LogP contribution in [0.5, 0.6) is 5.75 Å². The second kappa shape index (κ2) is 6.79. The van der Waals surface area contributed by atoms with E-state index in [0.29, 0.717) is 36.8 Å². The zero-order valence-electron chi connectivity index (χ0n) is 12.1. The monoisotopic (exact) mass is 330 g/mol. The second-order valence-electron chi connectivity index (χ2n) is 4.75. The van der Waals surface area contributed by atoms with Crippen molar-refractivity contribution < 1.29 is 13.2 Å². The maximum atomic E-state index is 12.8. The topological polar surface area (TPSA) is 58.6 Å². The van der Waals surface area contributed by atoms with E-state index in [9.17, 15) is 8.42 Å². The van der Waals surface area contributed by atoms with E-state index in [1.54, 1.807) is 13.1 Å². The van der Waals surface area contributed by atoms with Gasteiger partial charge in [0.1, 0.15) is 10.6 Å². The average Bonchev–Trinajstić information content (AvgIpc) is 2.48. The summed E-state index contributed by atoms with van der Waals surface area (Å²) in [5, 5.41) is 3.37. The molecule has 0 radical (unpaired) electrons. The van der Waals surface area contributed by atoms with Gasteiger partial charge in [-0.2, -0.15) is 4.31 Å². The first-order chi connectivity index (χ1) is 10.0. The summed E-state index contributed by atoms with van der Waals surface area (Å²) in [5.41, 5.74) is 0.721. The molecule has 0 aliphatic carbocycles. The number of halogens is 1. The predicted molar refractivity (Wildman–Crippen MR) is 83.3 cm³/mol. The van der Waals surface area contributed by atoms with E-state index in [-0.39, 0.29) is 4.90 Å². The third-order valence-electron chi connectivity index (χ3n) is 3.31. The van der Waals surface area contributed by atoms with E-state index >= 15 is 0 Å². The number of nitrogens with one attached hydrogen (secondary N) is 1. The highest BCUT2D eigenvalue weighted by Gasteiger charge is 2.29. The van der Waals surface area contributed by atoms with Crippen LogP contribution < -0.4 is 10.1 Å². The first kappa shape index (κ1) is 16.3. The molecule has 0 spiro atoms. The Morgan fingerprint density at radius 2 is 2.14 bits per heavy atom. The minimum atomic E-state index is -3.62. The number of benzene rings is 1. The molecule has 0 atom stereocenters. The summed E-state index contributed by atoms with van der Waals surface area (Å²) in [6, 6.07) is 3.17. The Kier molecular flexibility index (Phi) is 5.27. The maximum Gasteiger partial charge on any atom is 0.247 e. The van der Waals surface area contributed by atoms with Gasteiger partial charge in [-0.15, -0.1) is 0 Å². The summed E-state index contributed by atoms with van der Waals surface area (Å²) in [6.45, 7) is 1.32. The highest BCUT2D eigenvalue weighted by atomic mass is 35.5. The molecule has 0 saturated carbocycles. The molecule has 1 aromatic carbocycles. The number of rotatable bonds is 5.